The van der Waals surface area contributed by atoms with E-state index in [1.807, 2.05) is 6.08 Å². The van der Waals surface area contributed by atoms with Crippen molar-refractivity contribution in [3.05, 3.63) is 95.3 Å². The first kappa shape index (κ1) is 37.0. The lowest BCUT2D eigenvalue weighted by atomic mass is 9.93. The zero-order chi connectivity index (χ0) is 35.3. The largest absolute Gasteiger partial charge is 0.492 e. The highest BCUT2D eigenvalue weighted by molar-refractivity contribution is 5.83. The molecule has 0 spiro atoms. The minimum absolute atomic E-state index is 0.0164. The summed E-state index contributed by atoms with van der Waals surface area (Å²) in [5.74, 6) is 3.41. The number of aromatic nitrogens is 3. The van der Waals surface area contributed by atoms with Gasteiger partial charge in [-0.15, -0.1) is 0 Å². The fourth-order valence-corrected chi connectivity index (χ4v) is 6.68. The first-order chi connectivity index (χ1) is 24.3. The molecule has 0 saturated heterocycles. The summed E-state index contributed by atoms with van der Waals surface area (Å²) >= 11 is 0. The summed E-state index contributed by atoms with van der Waals surface area (Å²) in [5, 5.41) is 17.9. The van der Waals surface area contributed by atoms with Crippen molar-refractivity contribution in [3.63, 3.8) is 0 Å². The molecule has 9 nitrogen and oxygen atoms in total. The lowest BCUT2D eigenvalue weighted by Gasteiger charge is -2.24. The molecule has 0 fully saturated rings. The van der Waals surface area contributed by atoms with Crippen molar-refractivity contribution in [1.82, 2.24) is 14.9 Å². The number of pyridine rings is 1. The van der Waals surface area contributed by atoms with Crippen LogP contribution in [0.3, 0.4) is 0 Å². The molecule has 9 heteroatoms. The van der Waals surface area contributed by atoms with Crippen LogP contribution in [0, 0.1) is 11.8 Å². The van der Waals surface area contributed by atoms with Crippen molar-refractivity contribution in [2.24, 2.45) is 11.8 Å². The molecule has 50 heavy (non-hydrogen) atoms. The van der Waals surface area contributed by atoms with Crippen LogP contribution >= 0.6 is 0 Å². The standard InChI is InChI=1S/C41H56N6O3/c1-5-33-16-18-34(19-17-33)38-28-42-29-40(47(38)49)45-37(32(4)48)22-25-46(26-27-50-39-13-8-10-30(2)14-15-31(39)3)24-7-6-12-36-21-20-35-11-9-23-43-41(35)44-36/h8,10,13,15-16,18-21,28-30,33,37,49H,5-7,9,11-12,14,17,22-27H2,1-4H3,(H,43,44)/p+1/b10-8-,31-15+,39-13+/t30?,33?,37-/m0/s1. The molecule has 2 aliphatic carbocycles. The summed E-state index contributed by atoms with van der Waals surface area (Å²) in [6.45, 7) is 12.0. The van der Waals surface area contributed by atoms with Crippen molar-refractivity contribution >= 4 is 23.0 Å². The number of anilines is 2. The summed E-state index contributed by atoms with van der Waals surface area (Å²) < 4.78 is 7.44. The van der Waals surface area contributed by atoms with Gasteiger partial charge in [-0.1, -0.05) is 56.4 Å². The van der Waals surface area contributed by atoms with Crippen LogP contribution in [0.1, 0.15) is 89.6 Å². The van der Waals surface area contributed by atoms with E-state index in [2.05, 4.69) is 89.9 Å². The number of Topliss-reactive ketones (excluding diaryl/α,β-unsaturated/α-hetero) is 1. The number of ether oxygens (including phenoxy) is 1. The number of fused-ring (bicyclic) bond motifs is 1. The number of nitrogens with one attached hydrogen (secondary N) is 2. The third-order valence-corrected chi connectivity index (χ3v) is 10.1. The molecule has 0 radical (unpaired) electrons. The Morgan fingerprint density at radius 1 is 1.16 bits per heavy atom. The summed E-state index contributed by atoms with van der Waals surface area (Å²) in [6.07, 6.45) is 27.1. The van der Waals surface area contributed by atoms with Crippen LogP contribution in [-0.4, -0.2) is 64.7 Å². The monoisotopic (exact) mass is 681 g/mol. The molecule has 0 bridgehead atoms. The molecule has 268 valence electrons. The van der Waals surface area contributed by atoms with E-state index in [1.54, 1.807) is 19.3 Å². The quantitative estimate of drug-likeness (QED) is 0.0912. The molecule has 2 unspecified atom stereocenters. The Balaban J connectivity index is 1.21. The normalized spacial score (nSPS) is 22.1. The van der Waals surface area contributed by atoms with E-state index in [-0.39, 0.29) is 5.78 Å². The topological polar surface area (TPSA) is 103 Å². The minimum atomic E-state index is -0.480. The lowest BCUT2D eigenvalue weighted by molar-refractivity contribution is -0.895. The second kappa shape index (κ2) is 18.7. The third-order valence-electron chi connectivity index (χ3n) is 10.1. The highest BCUT2D eigenvalue weighted by Gasteiger charge is 2.26. The average molecular weight is 682 g/mol. The fourth-order valence-electron chi connectivity index (χ4n) is 6.68. The van der Waals surface area contributed by atoms with Gasteiger partial charge in [0.05, 0.1) is 6.20 Å². The molecular formula is C41H57N6O3+. The van der Waals surface area contributed by atoms with Crippen molar-refractivity contribution in [2.75, 3.05) is 43.4 Å². The summed E-state index contributed by atoms with van der Waals surface area (Å²) in [6, 6.07) is 3.92. The Kier molecular flexibility index (Phi) is 13.8. The molecule has 0 amide bonds. The van der Waals surface area contributed by atoms with E-state index in [0.29, 0.717) is 42.9 Å². The van der Waals surface area contributed by atoms with E-state index in [4.69, 9.17) is 9.72 Å². The van der Waals surface area contributed by atoms with Crippen molar-refractivity contribution in [2.45, 2.75) is 91.5 Å². The van der Waals surface area contributed by atoms with Crippen molar-refractivity contribution in [3.8, 4) is 0 Å². The number of hydrogen-bond donors (Lipinski definition) is 3. The highest BCUT2D eigenvalue weighted by atomic mass is 16.5. The van der Waals surface area contributed by atoms with E-state index >= 15 is 0 Å². The number of rotatable bonds is 17. The maximum absolute atomic E-state index is 12.9. The molecule has 3 atom stereocenters. The number of carbonyl (C=O) groups is 1. The van der Waals surface area contributed by atoms with E-state index in [0.717, 1.165) is 98.6 Å². The Labute approximate surface area is 298 Å². The van der Waals surface area contributed by atoms with Crippen molar-refractivity contribution < 1.29 is 19.5 Å². The van der Waals surface area contributed by atoms with Crippen LogP contribution in [-0.2, 0) is 22.4 Å². The Morgan fingerprint density at radius 3 is 2.84 bits per heavy atom. The fraction of sp³-hybridized carbons (Fsp3) is 0.512. The number of unbranched alkanes of at least 4 members (excludes halogenated alkanes) is 1. The van der Waals surface area contributed by atoms with E-state index in [9.17, 15) is 10.0 Å². The van der Waals surface area contributed by atoms with Crippen LogP contribution in [0.2, 0.25) is 0 Å². The second-order valence-electron chi connectivity index (χ2n) is 14.0. The van der Waals surface area contributed by atoms with Crippen LogP contribution < -0.4 is 15.4 Å². The van der Waals surface area contributed by atoms with Gasteiger partial charge in [0.2, 0.25) is 0 Å². The Morgan fingerprint density at radius 2 is 2.04 bits per heavy atom. The molecule has 0 aromatic carbocycles. The van der Waals surface area contributed by atoms with Gasteiger partial charge in [-0.3, -0.25) is 20.0 Å². The van der Waals surface area contributed by atoms with Gasteiger partial charge >= 0.3 is 5.82 Å². The van der Waals surface area contributed by atoms with Gasteiger partial charge in [0.15, 0.2) is 17.5 Å². The smallest absolute Gasteiger partial charge is 0.333 e. The predicted octanol–water partition coefficient (Wildman–Crippen LogP) is 7.26. The zero-order valence-corrected chi connectivity index (χ0v) is 30.5. The zero-order valence-electron chi connectivity index (χ0n) is 30.5. The average Bonchev–Trinajstić information content (AvgIpc) is 3.12. The van der Waals surface area contributed by atoms with Gasteiger partial charge in [0, 0.05) is 37.3 Å². The number of aryl methyl sites for hydroxylation is 2. The van der Waals surface area contributed by atoms with Crippen molar-refractivity contribution in [1.29, 1.82) is 0 Å². The molecule has 2 aromatic heterocycles. The maximum atomic E-state index is 12.9. The van der Waals surface area contributed by atoms with Gasteiger partial charge < -0.3 is 15.3 Å². The van der Waals surface area contributed by atoms with Crippen LogP contribution in [0.15, 0.2) is 78.4 Å². The van der Waals surface area contributed by atoms with Gasteiger partial charge in [0.1, 0.15) is 24.4 Å². The number of nitrogens with zero attached hydrogens (tertiary/aromatic N) is 4. The molecule has 3 aliphatic rings. The molecule has 1 aliphatic heterocycles. The van der Waals surface area contributed by atoms with Crippen LogP contribution in [0.25, 0.3) is 5.57 Å². The van der Waals surface area contributed by atoms with Gasteiger partial charge in [-0.25, -0.2) is 4.98 Å². The minimum Gasteiger partial charge on any atom is -0.492 e. The highest BCUT2D eigenvalue weighted by Crippen LogP contribution is 2.25. The third kappa shape index (κ3) is 10.6. The molecule has 2 aromatic rings. The van der Waals surface area contributed by atoms with Crippen LogP contribution in [0.4, 0.5) is 11.6 Å². The number of hydrogen-bond acceptors (Lipinski definition) is 8. The number of ketones is 1. The first-order valence-corrected chi connectivity index (χ1v) is 18.7. The maximum Gasteiger partial charge on any atom is 0.333 e. The SMILES string of the molecule is CCC1C=CC(c2cncc(N[C@@H](CCN(CCCCc3ccc4c(n3)NCCC4)CCOC3=C/C=C\C(C)C\C=C\3C)C(C)=O)[n+]2O)=CC1. The van der Waals surface area contributed by atoms with Gasteiger partial charge in [-0.05, 0) is 112 Å². The van der Waals surface area contributed by atoms with Crippen LogP contribution in [0.5, 0.6) is 0 Å². The Hall–Kier alpha value is -4.24. The van der Waals surface area contributed by atoms with E-state index in [1.165, 1.54) is 11.1 Å². The molecule has 0 saturated carbocycles. The number of carbonyl (C=O) groups excluding carboxylic acids is 1. The molecule has 3 heterocycles. The van der Waals surface area contributed by atoms with Gasteiger partial charge in [0.25, 0.3) is 0 Å². The van der Waals surface area contributed by atoms with E-state index < -0.39 is 6.04 Å². The lowest BCUT2D eigenvalue weighted by Crippen LogP contribution is -2.43. The molecular weight excluding hydrogens is 624 g/mol. The molecule has 5 rings (SSSR count). The Bertz CT molecular complexity index is 1610. The number of allylic oxidation sites excluding steroid dienone is 9. The summed E-state index contributed by atoms with van der Waals surface area (Å²) in [4.78, 5) is 24.6. The second-order valence-corrected chi connectivity index (χ2v) is 14.0. The summed E-state index contributed by atoms with van der Waals surface area (Å²) in [7, 11) is 0. The first-order valence-electron chi connectivity index (χ1n) is 18.7. The van der Waals surface area contributed by atoms with Gasteiger partial charge in [-0.2, -0.15) is 0 Å². The predicted molar refractivity (Wildman–Crippen MR) is 201 cm³/mol. The molecule has 3 N–H and O–H groups in total. The summed E-state index contributed by atoms with van der Waals surface area (Å²) in [5.41, 5.74) is 5.14.